The van der Waals surface area contributed by atoms with Crippen molar-refractivity contribution < 1.29 is 14.3 Å². The summed E-state index contributed by atoms with van der Waals surface area (Å²) in [5.41, 5.74) is 2.73. The van der Waals surface area contributed by atoms with Crippen molar-refractivity contribution in [2.75, 3.05) is 6.61 Å². The van der Waals surface area contributed by atoms with E-state index in [4.69, 9.17) is 9.47 Å². The summed E-state index contributed by atoms with van der Waals surface area (Å²) >= 11 is 0. The molecule has 0 radical (unpaired) electrons. The van der Waals surface area contributed by atoms with E-state index in [9.17, 15) is 4.79 Å². The van der Waals surface area contributed by atoms with Crippen molar-refractivity contribution in [3.8, 4) is 5.75 Å². The zero-order valence-electron chi connectivity index (χ0n) is 20.0. The molecule has 1 unspecified atom stereocenters. The van der Waals surface area contributed by atoms with Crippen LogP contribution in [0, 0.1) is 0 Å². The van der Waals surface area contributed by atoms with Gasteiger partial charge in [0.05, 0.1) is 6.61 Å². The van der Waals surface area contributed by atoms with Crippen LogP contribution in [0.3, 0.4) is 0 Å². The summed E-state index contributed by atoms with van der Waals surface area (Å²) in [5.74, 6) is 0.519. The van der Waals surface area contributed by atoms with Crippen LogP contribution in [0.1, 0.15) is 116 Å². The van der Waals surface area contributed by atoms with Gasteiger partial charge >= 0.3 is 5.97 Å². The zero-order chi connectivity index (χ0) is 22.2. The van der Waals surface area contributed by atoms with Crippen molar-refractivity contribution in [1.29, 1.82) is 0 Å². The van der Waals surface area contributed by atoms with E-state index in [1.807, 2.05) is 19.1 Å². The van der Waals surface area contributed by atoms with Gasteiger partial charge in [0.2, 0.25) is 0 Å². The topological polar surface area (TPSA) is 35.5 Å². The lowest BCUT2D eigenvalue weighted by atomic mass is 9.95. The molecule has 0 heterocycles. The predicted molar refractivity (Wildman–Crippen MR) is 130 cm³/mol. The Kier molecular flexibility index (Phi) is 13.1. The molecule has 1 aliphatic carbocycles. The molecular weight excluding hydrogens is 384 g/mol. The van der Waals surface area contributed by atoms with Gasteiger partial charge in [0.15, 0.2) is 6.10 Å². The molecule has 1 aliphatic rings. The van der Waals surface area contributed by atoms with Crippen LogP contribution in [0.5, 0.6) is 5.75 Å². The summed E-state index contributed by atoms with van der Waals surface area (Å²) in [5, 5.41) is 0. The number of ether oxygens (including phenoxy) is 2. The monoisotopic (exact) mass is 428 g/mol. The molecular formula is C28H44O3. The molecule has 0 N–H and O–H groups in total. The molecule has 0 aromatic heterocycles. The standard InChI is InChI=1S/C28H44O3/c1-3-5-6-7-8-9-13-16-19-27(28(29)30-4-2)31-26-22-20-25(21-23-26)24-17-14-11-10-12-15-18-24/h17,20-23,27H,3-16,18-19H2,1-2H3. The Hall–Kier alpha value is -1.77. The molecule has 31 heavy (non-hydrogen) atoms. The number of esters is 1. The van der Waals surface area contributed by atoms with E-state index in [0.29, 0.717) is 6.61 Å². The highest BCUT2D eigenvalue weighted by Gasteiger charge is 2.21. The average molecular weight is 429 g/mol. The Morgan fingerprint density at radius 1 is 0.871 bits per heavy atom. The van der Waals surface area contributed by atoms with Crippen LogP contribution in [0.15, 0.2) is 30.3 Å². The van der Waals surface area contributed by atoms with Gasteiger partial charge in [0.25, 0.3) is 0 Å². The molecule has 1 atom stereocenters. The average Bonchev–Trinajstić information content (AvgIpc) is 2.75. The minimum atomic E-state index is -0.508. The first-order valence-electron chi connectivity index (χ1n) is 12.9. The number of rotatable bonds is 14. The minimum absolute atomic E-state index is 0.239. The molecule has 0 aliphatic heterocycles. The summed E-state index contributed by atoms with van der Waals surface area (Å²) < 4.78 is 11.4. The molecule has 3 heteroatoms. The summed E-state index contributed by atoms with van der Waals surface area (Å²) in [4.78, 5) is 12.4. The van der Waals surface area contributed by atoms with Crippen LogP contribution in [-0.4, -0.2) is 18.7 Å². The number of unbranched alkanes of at least 4 members (excludes halogenated alkanes) is 7. The molecule has 0 saturated carbocycles. The van der Waals surface area contributed by atoms with Gasteiger partial charge in [-0.2, -0.15) is 0 Å². The van der Waals surface area contributed by atoms with Crippen molar-refractivity contribution >= 4 is 11.5 Å². The first-order valence-corrected chi connectivity index (χ1v) is 12.9. The molecule has 0 amide bonds. The normalized spacial score (nSPS) is 15.5. The third-order valence-corrected chi connectivity index (χ3v) is 6.16. The number of allylic oxidation sites excluding steroid dienone is 2. The second kappa shape index (κ2) is 15.9. The highest BCUT2D eigenvalue weighted by Crippen LogP contribution is 2.27. The van der Waals surface area contributed by atoms with Crippen molar-refractivity contribution in [1.82, 2.24) is 0 Å². The van der Waals surface area contributed by atoms with Crippen molar-refractivity contribution in [2.24, 2.45) is 0 Å². The fourth-order valence-electron chi connectivity index (χ4n) is 4.29. The lowest BCUT2D eigenvalue weighted by molar-refractivity contribution is -0.151. The Morgan fingerprint density at radius 2 is 1.55 bits per heavy atom. The van der Waals surface area contributed by atoms with Gasteiger partial charge in [-0.15, -0.1) is 0 Å². The Morgan fingerprint density at radius 3 is 2.26 bits per heavy atom. The number of carbonyl (C=O) groups is 1. The molecule has 0 fully saturated rings. The third-order valence-electron chi connectivity index (χ3n) is 6.16. The van der Waals surface area contributed by atoms with Crippen LogP contribution in [0.4, 0.5) is 0 Å². The van der Waals surface area contributed by atoms with E-state index < -0.39 is 6.10 Å². The van der Waals surface area contributed by atoms with Crippen LogP contribution in [0.2, 0.25) is 0 Å². The van der Waals surface area contributed by atoms with Gasteiger partial charge in [-0.3, -0.25) is 0 Å². The SMILES string of the molecule is CCCCCCCCCCC(Oc1ccc(C2=CCCCCCC2)cc1)C(=O)OCC. The fourth-order valence-corrected chi connectivity index (χ4v) is 4.29. The minimum Gasteiger partial charge on any atom is -0.479 e. The maximum absolute atomic E-state index is 12.4. The summed E-state index contributed by atoms with van der Waals surface area (Å²) in [6.07, 6.45) is 20.2. The molecule has 1 aromatic rings. The van der Waals surface area contributed by atoms with Gasteiger partial charge < -0.3 is 9.47 Å². The quantitative estimate of drug-likeness (QED) is 0.221. The van der Waals surface area contributed by atoms with Crippen LogP contribution in [-0.2, 0) is 9.53 Å². The highest BCUT2D eigenvalue weighted by molar-refractivity contribution is 5.75. The van der Waals surface area contributed by atoms with Crippen molar-refractivity contribution in [2.45, 2.75) is 116 Å². The molecule has 0 bridgehead atoms. The van der Waals surface area contributed by atoms with E-state index in [-0.39, 0.29) is 5.97 Å². The van der Waals surface area contributed by atoms with Gasteiger partial charge in [-0.05, 0) is 68.7 Å². The molecule has 2 rings (SSSR count). The van der Waals surface area contributed by atoms with E-state index in [1.165, 1.54) is 81.8 Å². The fraction of sp³-hybridized carbons (Fsp3) is 0.679. The van der Waals surface area contributed by atoms with E-state index in [1.54, 1.807) is 0 Å². The Bertz CT molecular complexity index is 632. The number of carbonyl (C=O) groups excluding carboxylic acids is 1. The maximum atomic E-state index is 12.4. The van der Waals surface area contributed by atoms with E-state index >= 15 is 0 Å². The van der Waals surface area contributed by atoms with Gasteiger partial charge in [-0.1, -0.05) is 82.9 Å². The Labute approximate surface area is 190 Å². The van der Waals surface area contributed by atoms with Crippen molar-refractivity contribution in [3.05, 3.63) is 35.9 Å². The molecule has 0 spiro atoms. The Balaban J connectivity index is 1.84. The summed E-state index contributed by atoms with van der Waals surface area (Å²) in [6, 6.07) is 8.30. The van der Waals surface area contributed by atoms with Gasteiger partial charge in [-0.25, -0.2) is 4.79 Å². The number of hydrogen-bond donors (Lipinski definition) is 0. The second-order valence-electron chi connectivity index (χ2n) is 8.83. The van der Waals surface area contributed by atoms with Crippen LogP contribution in [0.25, 0.3) is 5.57 Å². The zero-order valence-corrected chi connectivity index (χ0v) is 20.0. The number of benzene rings is 1. The lowest BCUT2D eigenvalue weighted by Gasteiger charge is -2.18. The first kappa shape index (κ1) is 25.5. The predicted octanol–water partition coefficient (Wildman–Crippen LogP) is 8.27. The second-order valence-corrected chi connectivity index (χ2v) is 8.83. The molecule has 174 valence electrons. The van der Waals surface area contributed by atoms with Crippen LogP contribution >= 0.6 is 0 Å². The van der Waals surface area contributed by atoms with Gasteiger partial charge in [0.1, 0.15) is 5.75 Å². The van der Waals surface area contributed by atoms with Crippen molar-refractivity contribution in [3.63, 3.8) is 0 Å². The summed E-state index contributed by atoms with van der Waals surface area (Å²) in [6.45, 7) is 4.49. The first-order chi connectivity index (χ1) is 15.2. The number of hydrogen-bond acceptors (Lipinski definition) is 3. The molecule has 0 saturated heterocycles. The largest absolute Gasteiger partial charge is 0.479 e. The lowest BCUT2D eigenvalue weighted by Crippen LogP contribution is -2.29. The third kappa shape index (κ3) is 10.4. The molecule has 3 nitrogen and oxygen atoms in total. The smallest absolute Gasteiger partial charge is 0.347 e. The van der Waals surface area contributed by atoms with Gasteiger partial charge in [0, 0.05) is 0 Å². The summed E-state index contributed by atoms with van der Waals surface area (Å²) in [7, 11) is 0. The van der Waals surface area contributed by atoms with Crippen LogP contribution < -0.4 is 4.74 Å². The van der Waals surface area contributed by atoms with E-state index in [2.05, 4.69) is 25.1 Å². The highest BCUT2D eigenvalue weighted by atomic mass is 16.6. The molecule has 1 aromatic carbocycles. The maximum Gasteiger partial charge on any atom is 0.347 e. The van der Waals surface area contributed by atoms with E-state index in [0.717, 1.165) is 31.4 Å².